The van der Waals surface area contributed by atoms with Crippen LogP contribution in [0.15, 0.2) is 18.3 Å². The molecule has 0 aromatic carbocycles. The van der Waals surface area contributed by atoms with Gasteiger partial charge in [0.2, 0.25) is 0 Å². The molecule has 0 radical (unpaired) electrons. The SMILES string of the molecule is CC1CCC(C(C)C)C(Oc2ccnc(N)c2)C1. The largest absolute Gasteiger partial charge is 0.490 e. The maximum atomic E-state index is 6.16. The fourth-order valence-corrected chi connectivity index (χ4v) is 2.93. The number of hydrogen-bond donors (Lipinski definition) is 1. The fraction of sp³-hybridized carbons (Fsp3) is 0.667. The van der Waals surface area contributed by atoms with E-state index < -0.39 is 0 Å². The number of ether oxygens (including phenoxy) is 1. The molecule has 100 valence electrons. The number of anilines is 1. The Bertz CT molecular complexity index is 392. The monoisotopic (exact) mass is 248 g/mol. The van der Waals surface area contributed by atoms with Crippen molar-refractivity contribution in [1.29, 1.82) is 0 Å². The van der Waals surface area contributed by atoms with E-state index in [1.54, 1.807) is 6.20 Å². The molecule has 2 N–H and O–H groups in total. The van der Waals surface area contributed by atoms with Crippen molar-refractivity contribution in [3.63, 3.8) is 0 Å². The molecule has 18 heavy (non-hydrogen) atoms. The van der Waals surface area contributed by atoms with Crippen LogP contribution < -0.4 is 10.5 Å². The molecule has 3 unspecified atom stereocenters. The minimum absolute atomic E-state index is 0.315. The van der Waals surface area contributed by atoms with Crippen molar-refractivity contribution in [3.8, 4) is 5.75 Å². The molecule has 3 heteroatoms. The number of rotatable bonds is 3. The second-order valence-electron chi connectivity index (χ2n) is 5.90. The lowest BCUT2D eigenvalue weighted by molar-refractivity contribution is 0.0460. The maximum absolute atomic E-state index is 6.16. The Balaban J connectivity index is 2.08. The highest BCUT2D eigenvalue weighted by Crippen LogP contribution is 2.36. The number of aromatic nitrogens is 1. The van der Waals surface area contributed by atoms with Gasteiger partial charge in [0.25, 0.3) is 0 Å². The fourth-order valence-electron chi connectivity index (χ4n) is 2.93. The van der Waals surface area contributed by atoms with Gasteiger partial charge in [0, 0.05) is 12.3 Å². The average Bonchev–Trinajstić information content (AvgIpc) is 2.28. The molecule has 1 aromatic rings. The van der Waals surface area contributed by atoms with Crippen LogP contribution in [0, 0.1) is 17.8 Å². The summed E-state index contributed by atoms with van der Waals surface area (Å²) in [6.07, 6.45) is 5.76. The minimum Gasteiger partial charge on any atom is -0.490 e. The Labute approximate surface area is 110 Å². The number of nitrogens with two attached hydrogens (primary N) is 1. The molecule has 1 aromatic heterocycles. The first-order valence-electron chi connectivity index (χ1n) is 6.94. The third kappa shape index (κ3) is 3.15. The van der Waals surface area contributed by atoms with E-state index in [0.29, 0.717) is 23.8 Å². The molecule has 1 aliphatic rings. The molecule has 0 spiro atoms. The third-order valence-corrected chi connectivity index (χ3v) is 4.00. The molecule has 1 aliphatic carbocycles. The van der Waals surface area contributed by atoms with Gasteiger partial charge < -0.3 is 10.5 Å². The van der Waals surface area contributed by atoms with Crippen LogP contribution in [-0.2, 0) is 0 Å². The Morgan fingerprint density at radius 2 is 2.17 bits per heavy atom. The summed E-state index contributed by atoms with van der Waals surface area (Å²) in [6, 6.07) is 3.71. The summed E-state index contributed by atoms with van der Waals surface area (Å²) >= 11 is 0. The standard InChI is InChI=1S/C15H24N2O/c1-10(2)13-5-4-11(3)8-14(13)18-12-6-7-17-15(16)9-12/h6-7,9-11,13-14H,4-5,8H2,1-3H3,(H2,16,17). The first kappa shape index (κ1) is 13.2. The lowest BCUT2D eigenvalue weighted by Crippen LogP contribution is -2.36. The Kier molecular flexibility index (Phi) is 4.10. The maximum Gasteiger partial charge on any atom is 0.126 e. The van der Waals surface area contributed by atoms with Gasteiger partial charge >= 0.3 is 0 Å². The van der Waals surface area contributed by atoms with E-state index in [0.717, 1.165) is 18.1 Å². The number of hydrogen-bond acceptors (Lipinski definition) is 3. The van der Waals surface area contributed by atoms with Crippen LogP contribution in [0.1, 0.15) is 40.0 Å². The van der Waals surface area contributed by atoms with Crippen LogP contribution in [0.2, 0.25) is 0 Å². The molecular weight excluding hydrogens is 224 g/mol. The van der Waals surface area contributed by atoms with E-state index in [-0.39, 0.29) is 0 Å². The van der Waals surface area contributed by atoms with Gasteiger partial charge in [-0.3, -0.25) is 0 Å². The quantitative estimate of drug-likeness (QED) is 0.890. The summed E-state index contributed by atoms with van der Waals surface area (Å²) in [7, 11) is 0. The molecule has 3 nitrogen and oxygen atoms in total. The normalized spacial score (nSPS) is 28.3. The Morgan fingerprint density at radius 1 is 1.39 bits per heavy atom. The average molecular weight is 248 g/mol. The van der Waals surface area contributed by atoms with Crippen molar-refractivity contribution in [2.45, 2.75) is 46.1 Å². The smallest absolute Gasteiger partial charge is 0.126 e. The van der Waals surface area contributed by atoms with Crippen molar-refractivity contribution in [1.82, 2.24) is 4.98 Å². The van der Waals surface area contributed by atoms with E-state index in [1.165, 1.54) is 12.8 Å². The molecule has 1 heterocycles. The highest BCUT2D eigenvalue weighted by Gasteiger charge is 2.32. The van der Waals surface area contributed by atoms with Gasteiger partial charge in [-0.1, -0.05) is 27.2 Å². The van der Waals surface area contributed by atoms with Gasteiger partial charge in [-0.2, -0.15) is 0 Å². The molecule has 1 saturated carbocycles. The predicted molar refractivity (Wildman–Crippen MR) is 74.4 cm³/mol. The summed E-state index contributed by atoms with van der Waals surface area (Å²) < 4.78 is 6.16. The highest BCUT2D eigenvalue weighted by molar-refractivity contribution is 5.35. The Hall–Kier alpha value is -1.25. The molecular formula is C15H24N2O. The predicted octanol–water partition coefficient (Wildman–Crippen LogP) is 3.50. The Morgan fingerprint density at radius 3 is 2.83 bits per heavy atom. The lowest BCUT2D eigenvalue weighted by atomic mass is 9.75. The van der Waals surface area contributed by atoms with Crippen LogP contribution in [0.3, 0.4) is 0 Å². The highest BCUT2D eigenvalue weighted by atomic mass is 16.5. The van der Waals surface area contributed by atoms with E-state index in [1.807, 2.05) is 12.1 Å². The van der Waals surface area contributed by atoms with Crippen molar-refractivity contribution in [2.24, 2.45) is 17.8 Å². The zero-order valence-electron chi connectivity index (χ0n) is 11.6. The summed E-state index contributed by atoms with van der Waals surface area (Å²) in [5.41, 5.74) is 5.69. The van der Waals surface area contributed by atoms with Crippen molar-refractivity contribution < 1.29 is 4.74 Å². The minimum atomic E-state index is 0.315. The van der Waals surface area contributed by atoms with E-state index in [9.17, 15) is 0 Å². The van der Waals surface area contributed by atoms with Gasteiger partial charge in [-0.05, 0) is 36.7 Å². The van der Waals surface area contributed by atoms with Crippen molar-refractivity contribution in [2.75, 3.05) is 5.73 Å². The van der Waals surface area contributed by atoms with Crippen LogP contribution >= 0.6 is 0 Å². The molecule has 0 aliphatic heterocycles. The second kappa shape index (κ2) is 5.59. The van der Waals surface area contributed by atoms with E-state index in [2.05, 4.69) is 25.8 Å². The van der Waals surface area contributed by atoms with Crippen LogP contribution in [0.4, 0.5) is 5.82 Å². The van der Waals surface area contributed by atoms with Gasteiger partial charge in [0.15, 0.2) is 0 Å². The van der Waals surface area contributed by atoms with Gasteiger partial charge in [-0.25, -0.2) is 4.98 Å². The second-order valence-corrected chi connectivity index (χ2v) is 5.90. The number of nitrogen functional groups attached to an aromatic ring is 1. The zero-order chi connectivity index (χ0) is 13.1. The summed E-state index contributed by atoms with van der Waals surface area (Å²) in [5.74, 6) is 3.45. The first-order chi connectivity index (χ1) is 8.56. The van der Waals surface area contributed by atoms with Gasteiger partial charge in [-0.15, -0.1) is 0 Å². The van der Waals surface area contributed by atoms with Crippen molar-refractivity contribution >= 4 is 5.82 Å². The zero-order valence-corrected chi connectivity index (χ0v) is 11.6. The van der Waals surface area contributed by atoms with Gasteiger partial charge in [0.05, 0.1) is 0 Å². The summed E-state index contributed by atoms with van der Waals surface area (Å²) in [6.45, 7) is 6.89. The van der Waals surface area contributed by atoms with Crippen LogP contribution in [0.25, 0.3) is 0 Å². The van der Waals surface area contributed by atoms with Crippen molar-refractivity contribution in [3.05, 3.63) is 18.3 Å². The number of pyridine rings is 1. The molecule has 0 amide bonds. The molecule has 0 bridgehead atoms. The van der Waals surface area contributed by atoms with Crippen LogP contribution in [-0.4, -0.2) is 11.1 Å². The molecule has 0 saturated heterocycles. The van der Waals surface area contributed by atoms with E-state index in [4.69, 9.17) is 10.5 Å². The summed E-state index contributed by atoms with van der Waals surface area (Å²) in [5, 5.41) is 0. The lowest BCUT2D eigenvalue weighted by Gasteiger charge is -2.37. The molecule has 1 fully saturated rings. The molecule has 2 rings (SSSR count). The third-order valence-electron chi connectivity index (χ3n) is 4.00. The topological polar surface area (TPSA) is 48.1 Å². The van der Waals surface area contributed by atoms with Gasteiger partial charge in [0.1, 0.15) is 17.7 Å². The summed E-state index contributed by atoms with van der Waals surface area (Å²) in [4.78, 5) is 4.00. The first-order valence-corrected chi connectivity index (χ1v) is 6.94. The number of nitrogens with zero attached hydrogens (tertiary/aromatic N) is 1. The van der Waals surface area contributed by atoms with Crippen LogP contribution in [0.5, 0.6) is 5.75 Å². The molecule has 3 atom stereocenters. The van der Waals surface area contributed by atoms with E-state index >= 15 is 0 Å².